The lowest BCUT2D eigenvalue weighted by Crippen LogP contribution is -2.54. The number of furan rings is 1. The van der Waals surface area contributed by atoms with E-state index in [4.69, 9.17) is 4.42 Å². The summed E-state index contributed by atoms with van der Waals surface area (Å²) in [4.78, 5) is 32.8. The first-order valence-corrected chi connectivity index (χ1v) is 11.1. The Morgan fingerprint density at radius 2 is 1.87 bits per heavy atom. The van der Waals surface area contributed by atoms with Gasteiger partial charge in [0.25, 0.3) is 0 Å². The van der Waals surface area contributed by atoms with E-state index in [2.05, 4.69) is 25.3 Å². The lowest BCUT2D eigenvalue weighted by atomic mass is 10.1. The predicted molar refractivity (Wildman–Crippen MR) is 120 cm³/mol. The number of hydrogen-bond donors (Lipinski definition) is 3. The van der Waals surface area contributed by atoms with E-state index in [-0.39, 0.29) is 47.8 Å². The fraction of sp³-hybridized carbons (Fsp3) is 0.364. The monoisotopic (exact) mass is 564 g/mol. The Morgan fingerprint density at radius 1 is 1.18 bits per heavy atom. The molecule has 0 bridgehead atoms. The molecule has 1 aliphatic heterocycles. The molecule has 1 aliphatic rings. The standard InChI is InChI=1S/C22H19F7N6O4/c1-10-13-6-11(23)2-3-14(13)38-16(10)17(21(24,25)26)34-20(37)33-12-7-31-19(32-8-12)35-5-4-30-15(9-35)39-18(36)22(27,28)29/h2-3,6-8,15,17,30H,4-5,9H2,1H3,(H2,33,34,37)/t15?,17-/m1/s1. The fourth-order valence-corrected chi connectivity index (χ4v) is 3.80. The number of esters is 1. The number of piperazine rings is 1. The van der Waals surface area contributed by atoms with Crippen molar-refractivity contribution >= 4 is 34.6 Å². The molecule has 2 aromatic heterocycles. The Morgan fingerprint density at radius 3 is 2.51 bits per heavy atom. The van der Waals surface area contributed by atoms with E-state index in [0.29, 0.717) is 0 Å². The maximum Gasteiger partial charge on any atom is 0.490 e. The summed E-state index contributed by atoms with van der Waals surface area (Å²) in [5.74, 6) is -3.65. The maximum absolute atomic E-state index is 13.8. The van der Waals surface area contributed by atoms with E-state index in [1.54, 1.807) is 5.32 Å². The Bertz CT molecular complexity index is 1360. The number of anilines is 2. The van der Waals surface area contributed by atoms with Gasteiger partial charge in [-0.05, 0) is 25.1 Å². The number of urea groups is 1. The normalized spacial score (nSPS) is 17.1. The number of benzene rings is 1. The SMILES string of the molecule is Cc1c([C@@H](NC(=O)Nc2cnc(N3CCNC(OC(=O)C(F)(F)F)C3)nc2)C(F)(F)F)oc2ccc(F)cc12. The van der Waals surface area contributed by atoms with Crippen molar-refractivity contribution in [1.29, 1.82) is 0 Å². The summed E-state index contributed by atoms with van der Waals surface area (Å²) in [6.07, 6.45) is -9.29. The second kappa shape index (κ2) is 10.5. The van der Waals surface area contributed by atoms with E-state index < -0.39 is 48.2 Å². The van der Waals surface area contributed by atoms with Crippen LogP contribution >= 0.6 is 0 Å². The summed E-state index contributed by atoms with van der Waals surface area (Å²) < 4.78 is 102. The quantitative estimate of drug-likeness (QED) is 0.315. The molecule has 3 aromatic rings. The van der Waals surface area contributed by atoms with Gasteiger partial charge in [0.2, 0.25) is 5.95 Å². The predicted octanol–water partition coefficient (Wildman–Crippen LogP) is 3.94. The third kappa shape index (κ3) is 6.47. The van der Waals surface area contributed by atoms with Gasteiger partial charge in [-0.1, -0.05) is 0 Å². The zero-order valence-corrected chi connectivity index (χ0v) is 19.8. The molecular weight excluding hydrogens is 545 g/mol. The van der Waals surface area contributed by atoms with Crippen LogP contribution in [-0.2, 0) is 9.53 Å². The van der Waals surface area contributed by atoms with Crippen LogP contribution in [0.5, 0.6) is 0 Å². The highest BCUT2D eigenvalue weighted by molar-refractivity contribution is 5.89. The molecule has 0 spiro atoms. The van der Waals surface area contributed by atoms with E-state index >= 15 is 0 Å². The van der Waals surface area contributed by atoms with Gasteiger partial charge in [0.15, 0.2) is 12.3 Å². The van der Waals surface area contributed by atoms with Gasteiger partial charge in [-0.3, -0.25) is 5.32 Å². The molecule has 3 N–H and O–H groups in total. The van der Waals surface area contributed by atoms with Crippen molar-refractivity contribution in [3.63, 3.8) is 0 Å². The number of alkyl halides is 6. The van der Waals surface area contributed by atoms with E-state index in [1.807, 2.05) is 0 Å². The molecule has 2 amide bonds. The number of nitrogens with one attached hydrogen (secondary N) is 3. The van der Waals surface area contributed by atoms with Gasteiger partial charge in [-0.2, -0.15) is 26.3 Å². The molecule has 1 aromatic carbocycles. The minimum atomic E-state index is -5.17. The summed E-state index contributed by atoms with van der Waals surface area (Å²) in [5, 5.41) is 6.65. The van der Waals surface area contributed by atoms with Gasteiger partial charge in [0.05, 0.1) is 24.6 Å². The molecule has 0 saturated carbocycles. The smallest absolute Gasteiger partial charge is 0.458 e. The van der Waals surface area contributed by atoms with Crippen LogP contribution in [0.4, 0.5) is 47.2 Å². The number of carbonyl (C=O) groups excluding carboxylic acids is 2. The number of fused-ring (bicyclic) bond motifs is 1. The summed E-state index contributed by atoms with van der Waals surface area (Å²) >= 11 is 0. The van der Waals surface area contributed by atoms with Crippen LogP contribution in [0.15, 0.2) is 35.0 Å². The Kier molecular flexibility index (Phi) is 7.54. The second-order valence-corrected chi connectivity index (χ2v) is 8.37. The van der Waals surface area contributed by atoms with Gasteiger partial charge >= 0.3 is 24.4 Å². The second-order valence-electron chi connectivity index (χ2n) is 8.37. The Balaban J connectivity index is 1.42. The number of ether oxygens (including phenoxy) is 1. The van der Waals surface area contributed by atoms with Crippen molar-refractivity contribution in [3.05, 3.63) is 47.7 Å². The first-order chi connectivity index (χ1) is 18.2. The van der Waals surface area contributed by atoms with E-state index in [1.165, 1.54) is 17.9 Å². The number of aryl methyl sites for hydroxylation is 1. The molecule has 210 valence electrons. The summed E-state index contributed by atoms with van der Waals surface area (Å²) in [7, 11) is 0. The number of carbonyl (C=O) groups is 2. The van der Waals surface area contributed by atoms with E-state index in [0.717, 1.165) is 24.5 Å². The molecule has 1 saturated heterocycles. The Labute approximate surface area is 214 Å². The summed E-state index contributed by atoms with van der Waals surface area (Å²) in [6.45, 7) is 1.45. The summed E-state index contributed by atoms with van der Waals surface area (Å²) in [5.41, 5.74) is -0.0986. The molecule has 17 heteroatoms. The first-order valence-electron chi connectivity index (χ1n) is 11.1. The van der Waals surface area contributed by atoms with Crippen molar-refractivity contribution in [2.45, 2.75) is 31.5 Å². The van der Waals surface area contributed by atoms with Crippen LogP contribution in [0.2, 0.25) is 0 Å². The van der Waals surface area contributed by atoms with Crippen LogP contribution in [0, 0.1) is 12.7 Å². The van der Waals surface area contributed by atoms with Crippen LogP contribution in [0.1, 0.15) is 17.4 Å². The van der Waals surface area contributed by atoms with Crippen molar-refractivity contribution in [1.82, 2.24) is 20.6 Å². The largest absolute Gasteiger partial charge is 0.490 e. The number of halogens is 7. The fourth-order valence-electron chi connectivity index (χ4n) is 3.80. The summed E-state index contributed by atoms with van der Waals surface area (Å²) in [6, 6.07) is -0.623. The van der Waals surface area contributed by atoms with Crippen molar-refractivity contribution in [2.24, 2.45) is 0 Å². The minimum Gasteiger partial charge on any atom is -0.458 e. The van der Waals surface area contributed by atoms with E-state index in [9.17, 15) is 40.3 Å². The van der Waals surface area contributed by atoms with Crippen molar-refractivity contribution in [3.8, 4) is 0 Å². The average molecular weight is 564 g/mol. The topological polar surface area (TPSA) is 122 Å². The third-order valence-corrected chi connectivity index (χ3v) is 5.60. The number of amides is 2. The number of rotatable bonds is 5. The van der Waals surface area contributed by atoms with Crippen LogP contribution in [0.3, 0.4) is 0 Å². The van der Waals surface area contributed by atoms with Crippen LogP contribution in [-0.4, -0.2) is 60.2 Å². The van der Waals surface area contributed by atoms with Crippen LogP contribution < -0.4 is 20.9 Å². The number of hydrogen-bond acceptors (Lipinski definition) is 8. The molecule has 4 rings (SSSR count). The third-order valence-electron chi connectivity index (χ3n) is 5.60. The molecule has 2 atom stereocenters. The van der Waals surface area contributed by atoms with Gasteiger partial charge < -0.3 is 24.7 Å². The molecule has 0 radical (unpaired) electrons. The van der Waals surface area contributed by atoms with Crippen molar-refractivity contribution < 1.29 is 49.5 Å². The highest BCUT2D eigenvalue weighted by Gasteiger charge is 2.45. The molecule has 1 fully saturated rings. The maximum atomic E-state index is 13.8. The average Bonchev–Trinajstić information content (AvgIpc) is 3.17. The highest BCUT2D eigenvalue weighted by Crippen LogP contribution is 2.38. The van der Waals surface area contributed by atoms with Gasteiger partial charge in [0.1, 0.15) is 17.2 Å². The van der Waals surface area contributed by atoms with Crippen molar-refractivity contribution in [2.75, 3.05) is 29.9 Å². The molecule has 10 nitrogen and oxygen atoms in total. The number of aromatic nitrogens is 2. The molecular formula is C22H19F7N6O4. The zero-order valence-electron chi connectivity index (χ0n) is 19.8. The lowest BCUT2D eigenvalue weighted by molar-refractivity contribution is -0.206. The Hall–Kier alpha value is -4.15. The minimum absolute atomic E-state index is 0.00458. The lowest BCUT2D eigenvalue weighted by Gasteiger charge is -2.33. The highest BCUT2D eigenvalue weighted by atomic mass is 19.4. The first kappa shape index (κ1) is 27.9. The number of nitrogens with zero attached hydrogens (tertiary/aromatic N) is 3. The van der Waals surface area contributed by atoms with Gasteiger partial charge in [0, 0.05) is 24.0 Å². The van der Waals surface area contributed by atoms with Crippen LogP contribution in [0.25, 0.3) is 11.0 Å². The van der Waals surface area contributed by atoms with Gasteiger partial charge in [-0.15, -0.1) is 0 Å². The molecule has 1 unspecified atom stereocenters. The molecule has 39 heavy (non-hydrogen) atoms. The van der Waals surface area contributed by atoms with Gasteiger partial charge in [-0.25, -0.2) is 23.9 Å². The molecule has 0 aliphatic carbocycles. The zero-order chi connectivity index (χ0) is 28.5. The molecule has 3 heterocycles.